The van der Waals surface area contributed by atoms with Crippen LogP contribution >= 0.6 is 0 Å². The van der Waals surface area contributed by atoms with Gasteiger partial charge < -0.3 is 0 Å². The van der Waals surface area contributed by atoms with Crippen molar-refractivity contribution in [3.05, 3.63) is 76.2 Å². The predicted octanol–water partition coefficient (Wildman–Crippen LogP) is 1.84. The standard InChI is InChI=1S/C21H20N4O4/c1-2-25-21(29)16-11-7-6-10-15(16)19(24-25)20(28)23-22-18(27)13-12-17(26)14-8-4-3-5-9-14/h3-11H,2,12-13H2,1H3,(H,22,27)(H,23,28). The molecule has 8 nitrogen and oxygen atoms in total. The molecule has 0 aliphatic rings. The average Bonchev–Trinajstić information content (AvgIpc) is 2.76. The Kier molecular flexibility index (Phi) is 6.13. The number of carbonyl (C=O) groups is 3. The Labute approximate surface area is 166 Å². The molecular formula is C21H20N4O4. The number of Topliss-reactive ketones (excluding diaryl/α,β-unsaturated/α-hetero) is 1. The molecule has 0 unspecified atom stereocenters. The highest BCUT2D eigenvalue weighted by atomic mass is 16.2. The van der Waals surface area contributed by atoms with E-state index >= 15 is 0 Å². The maximum atomic E-state index is 12.5. The Morgan fingerprint density at radius 1 is 0.897 bits per heavy atom. The molecular weight excluding hydrogens is 372 g/mol. The zero-order valence-electron chi connectivity index (χ0n) is 15.8. The van der Waals surface area contributed by atoms with Gasteiger partial charge >= 0.3 is 0 Å². The largest absolute Gasteiger partial charge is 0.294 e. The second kappa shape index (κ2) is 8.92. The van der Waals surface area contributed by atoms with E-state index < -0.39 is 11.8 Å². The van der Waals surface area contributed by atoms with E-state index in [2.05, 4.69) is 16.0 Å². The first-order chi connectivity index (χ1) is 14.0. The average molecular weight is 392 g/mol. The normalized spacial score (nSPS) is 10.5. The second-order valence-electron chi connectivity index (χ2n) is 6.31. The fourth-order valence-electron chi connectivity index (χ4n) is 2.86. The van der Waals surface area contributed by atoms with Gasteiger partial charge in [-0.05, 0) is 13.0 Å². The van der Waals surface area contributed by atoms with Crippen molar-refractivity contribution < 1.29 is 14.4 Å². The number of hydrogen-bond donors (Lipinski definition) is 2. The Hall–Kier alpha value is -3.81. The summed E-state index contributed by atoms with van der Waals surface area (Å²) in [5.41, 5.74) is 4.85. The summed E-state index contributed by atoms with van der Waals surface area (Å²) in [6.07, 6.45) is -0.0513. The van der Waals surface area contributed by atoms with Crippen LogP contribution in [0.2, 0.25) is 0 Å². The van der Waals surface area contributed by atoms with Gasteiger partial charge in [-0.1, -0.05) is 48.5 Å². The molecule has 0 aliphatic carbocycles. The summed E-state index contributed by atoms with van der Waals surface area (Å²) < 4.78 is 1.19. The maximum absolute atomic E-state index is 12.5. The topological polar surface area (TPSA) is 110 Å². The van der Waals surface area contributed by atoms with Crippen molar-refractivity contribution in [3.63, 3.8) is 0 Å². The number of carbonyl (C=O) groups excluding carboxylic acids is 3. The quantitative estimate of drug-likeness (QED) is 0.491. The van der Waals surface area contributed by atoms with Crippen molar-refractivity contribution in [2.45, 2.75) is 26.3 Å². The molecule has 0 fully saturated rings. The number of ketones is 1. The number of hydrazine groups is 1. The molecule has 0 spiro atoms. The van der Waals surface area contributed by atoms with E-state index in [0.717, 1.165) is 0 Å². The molecule has 0 bridgehead atoms. The first kappa shape index (κ1) is 19.9. The van der Waals surface area contributed by atoms with Crippen LogP contribution in [-0.4, -0.2) is 27.4 Å². The molecule has 8 heteroatoms. The Morgan fingerprint density at radius 2 is 1.55 bits per heavy atom. The van der Waals surface area contributed by atoms with E-state index in [9.17, 15) is 19.2 Å². The minimum absolute atomic E-state index is 0.0214. The molecule has 2 N–H and O–H groups in total. The summed E-state index contributed by atoms with van der Waals surface area (Å²) in [7, 11) is 0. The Bertz CT molecular complexity index is 1120. The molecule has 2 aromatic carbocycles. The van der Waals surface area contributed by atoms with Crippen LogP contribution in [0, 0.1) is 0 Å². The third kappa shape index (κ3) is 4.55. The van der Waals surface area contributed by atoms with Gasteiger partial charge in [-0.2, -0.15) is 5.10 Å². The van der Waals surface area contributed by atoms with Crippen LogP contribution in [0.3, 0.4) is 0 Å². The smallest absolute Gasteiger partial charge is 0.290 e. The predicted molar refractivity (Wildman–Crippen MR) is 107 cm³/mol. The van der Waals surface area contributed by atoms with Crippen LogP contribution in [-0.2, 0) is 11.3 Å². The van der Waals surface area contributed by atoms with Crippen LogP contribution < -0.4 is 16.4 Å². The fraction of sp³-hybridized carbons (Fsp3) is 0.190. The molecule has 0 saturated heterocycles. The van der Waals surface area contributed by atoms with Gasteiger partial charge in [0.15, 0.2) is 11.5 Å². The highest BCUT2D eigenvalue weighted by molar-refractivity contribution is 6.05. The minimum atomic E-state index is -0.647. The van der Waals surface area contributed by atoms with Crippen molar-refractivity contribution >= 4 is 28.4 Å². The molecule has 1 aromatic heterocycles. The Balaban J connectivity index is 1.65. The molecule has 148 valence electrons. The lowest BCUT2D eigenvalue weighted by Crippen LogP contribution is -2.42. The SMILES string of the molecule is CCn1nc(C(=O)NNC(=O)CCC(=O)c2ccccc2)c2ccccc2c1=O. The number of fused-ring (bicyclic) bond motifs is 1. The lowest BCUT2D eigenvalue weighted by atomic mass is 10.1. The lowest BCUT2D eigenvalue weighted by molar-refractivity contribution is -0.121. The number of benzene rings is 2. The summed E-state index contributed by atoms with van der Waals surface area (Å²) in [5.74, 6) is -1.31. The van der Waals surface area contributed by atoms with Crippen molar-refractivity contribution in [1.29, 1.82) is 0 Å². The summed E-state index contributed by atoms with van der Waals surface area (Å²) in [6.45, 7) is 2.05. The highest BCUT2D eigenvalue weighted by Gasteiger charge is 2.17. The summed E-state index contributed by atoms with van der Waals surface area (Å²) >= 11 is 0. The van der Waals surface area contributed by atoms with Crippen LogP contribution in [0.5, 0.6) is 0 Å². The van der Waals surface area contributed by atoms with Gasteiger partial charge in [-0.25, -0.2) is 4.68 Å². The third-order valence-electron chi connectivity index (χ3n) is 4.37. The van der Waals surface area contributed by atoms with E-state index in [1.807, 2.05) is 0 Å². The van der Waals surface area contributed by atoms with E-state index in [1.165, 1.54) is 4.68 Å². The number of aromatic nitrogens is 2. The van der Waals surface area contributed by atoms with Crippen molar-refractivity contribution in [3.8, 4) is 0 Å². The molecule has 1 heterocycles. The number of nitrogens with zero attached hydrogens (tertiary/aromatic N) is 2. The van der Waals surface area contributed by atoms with Crippen LogP contribution in [0.15, 0.2) is 59.4 Å². The first-order valence-corrected chi connectivity index (χ1v) is 9.18. The second-order valence-corrected chi connectivity index (χ2v) is 6.31. The summed E-state index contributed by atoms with van der Waals surface area (Å²) in [4.78, 5) is 48.9. The van der Waals surface area contributed by atoms with Gasteiger partial charge in [-0.3, -0.25) is 30.0 Å². The van der Waals surface area contributed by atoms with Gasteiger partial charge in [0.05, 0.1) is 5.39 Å². The van der Waals surface area contributed by atoms with Crippen LogP contribution in [0.25, 0.3) is 10.8 Å². The monoisotopic (exact) mass is 392 g/mol. The molecule has 3 aromatic rings. The van der Waals surface area contributed by atoms with Crippen molar-refractivity contribution in [2.24, 2.45) is 0 Å². The molecule has 2 amide bonds. The number of rotatable bonds is 6. The summed E-state index contributed by atoms with van der Waals surface area (Å²) in [6, 6.07) is 15.3. The van der Waals surface area contributed by atoms with Crippen molar-refractivity contribution in [1.82, 2.24) is 20.6 Å². The molecule has 0 aliphatic heterocycles. The molecule has 3 rings (SSSR count). The van der Waals surface area contributed by atoms with Crippen LogP contribution in [0.4, 0.5) is 0 Å². The van der Waals surface area contributed by atoms with Gasteiger partial charge in [0.1, 0.15) is 0 Å². The summed E-state index contributed by atoms with van der Waals surface area (Å²) in [5, 5.41) is 4.86. The lowest BCUT2D eigenvalue weighted by Gasteiger charge is -2.11. The molecule has 0 atom stereocenters. The van der Waals surface area contributed by atoms with E-state index in [0.29, 0.717) is 22.9 Å². The highest BCUT2D eigenvalue weighted by Crippen LogP contribution is 2.13. The third-order valence-corrected chi connectivity index (χ3v) is 4.37. The first-order valence-electron chi connectivity index (χ1n) is 9.18. The maximum Gasteiger partial charge on any atom is 0.290 e. The van der Waals surface area contributed by atoms with Crippen LogP contribution in [0.1, 0.15) is 40.6 Å². The Morgan fingerprint density at radius 3 is 2.24 bits per heavy atom. The number of amides is 2. The minimum Gasteiger partial charge on any atom is -0.294 e. The molecule has 29 heavy (non-hydrogen) atoms. The van der Waals surface area contributed by atoms with E-state index in [-0.39, 0.29) is 29.9 Å². The van der Waals surface area contributed by atoms with Gasteiger partial charge in [0, 0.05) is 30.3 Å². The van der Waals surface area contributed by atoms with Gasteiger partial charge in [0.2, 0.25) is 5.91 Å². The fourth-order valence-corrected chi connectivity index (χ4v) is 2.86. The zero-order valence-corrected chi connectivity index (χ0v) is 15.8. The zero-order chi connectivity index (χ0) is 20.8. The number of aryl methyl sites for hydroxylation is 1. The number of nitrogens with one attached hydrogen (secondary N) is 2. The molecule has 0 radical (unpaired) electrons. The van der Waals surface area contributed by atoms with E-state index in [4.69, 9.17) is 0 Å². The van der Waals surface area contributed by atoms with Gasteiger partial charge in [-0.15, -0.1) is 0 Å². The molecule has 0 saturated carbocycles. The van der Waals surface area contributed by atoms with E-state index in [1.54, 1.807) is 61.5 Å². The van der Waals surface area contributed by atoms with Gasteiger partial charge in [0.25, 0.3) is 11.5 Å². The number of hydrogen-bond acceptors (Lipinski definition) is 5. The van der Waals surface area contributed by atoms with Crippen molar-refractivity contribution in [2.75, 3.05) is 0 Å².